The zero-order chi connectivity index (χ0) is 18.9. The van der Waals surface area contributed by atoms with Crippen molar-refractivity contribution in [2.24, 2.45) is 0 Å². The van der Waals surface area contributed by atoms with Gasteiger partial charge in [-0.1, -0.05) is 36.4 Å². The highest BCUT2D eigenvalue weighted by Crippen LogP contribution is 2.33. The number of phenols is 1. The fourth-order valence-corrected chi connectivity index (χ4v) is 3.86. The largest absolute Gasteiger partial charge is 0.508 e. The molecule has 2 atom stereocenters. The van der Waals surface area contributed by atoms with Crippen LogP contribution in [0.3, 0.4) is 0 Å². The summed E-state index contributed by atoms with van der Waals surface area (Å²) >= 11 is 0. The van der Waals surface area contributed by atoms with Crippen LogP contribution in [0.2, 0.25) is 0 Å². The molecule has 1 aliphatic rings. The number of ether oxygens (including phenoxy) is 1. The number of nitrogens with one attached hydrogen (secondary N) is 1. The summed E-state index contributed by atoms with van der Waals surface area (Å²) in [7, 11) is -3.53. The van der Waals surface area contributed by atoms with E-state index in [2.05, 4.69) is 4.72 Å². The molecule has 26 heavy (non-hydrogen) atoms. The average Bonchev–Trinajstić information content (AvgIpc) is 2.97. The van der Waals surface area contributed by atoms with Gasteiger partial charge in [0.25, 0.3) is 0 Å². The summed E-state index contributed by atoms with van der Waals surface area (Å²) in [6.07, 6.45) is 0. The summed E-state index contributed by atoms with van der Waals surface area (Å²) in [6, 6.07) is 13.3. The molecule has 0 saturated carbocycles. The Morgan fingerprint density at radius 3 is 2.15 bits per heavy atom. The number of benzene rings is 2. The van der Waals surface area contributed by atoms with E-state index >= 15 is 0 Å². The van der Waals surface area contributed by atoms with Crippen molar-refractivity contribution in [2.45, 2.75) is 30.7 Å². The maximum atomic E-state index is 12.2. The zero-order valence-corrected chi connectivity index (χ0v) is 15.5. The van der Waals surface area contributed by atoms with Crippen LogP contribution < -0.4 is 4.72 Å². The Morgan fingerprint density at radius 1 is 1.08 bits per heavy atom. The van der Waals surface area contributed by atoms with Crippen molar-refractivity contribution in [1.82, 2.24) is 4.72 Å². The van der Waals surface area contributed by atoms with Crippen LogP contribution in [0.1, 0.15) is 19.4 Å². The highest BCUT2D eigenvalue weighted by molar-refractivity contribution is 7.90. The summed E-state index contributed by atoms with van der Waals surface area (Å²) in [5.41, 5.74) is 1.03. The predicted octanol–water partition coefficient (Wildman–Crippen LogP) is 1.97. The van der Waals surface area contributed by atoms with Crippen molar-refractivity contribution >= 4 is 10.0 Å². The molecule has 0 aromatic heterocycles. The average molecular weight is 377 g/mol. The molecule has 0 radical (unpaired) electrons. The molecule has 2 aromatic rings. The molecule has 1 aliphatic heterocycles. The van der Waals surface area contributed by atoms with Crippen LogP contribution >= 0.6 is 0 Å². The molecule has 7 heteroatoms. The summed E-state index contributed by atoms with van der Waals surface area (Å²) in [5, 5.41) is 19.9. The van der Waals surface area contributed by atoms with Crippen molar-refractivity contribution in [3.8, 4) is 16.9 Å². The van der Waals surface area contributed by atoms with E-state index in [4.69, 9.17) is 4.74 Å². The molecule has 1 saturated heterocycles. The van der Waals surface area contributed by atoms with Crippen LogP contribution in [-0.4, -0.2) is 43.1 Å². The number of aromatic hydroxyl groups is 1. The van der Waals surface area contributed by atoms with Crippen LogP contribution in [0.5, 0.6) is 5.75 Å². The van der Waals surface area contributed by atoms with Gasteiger partial charge < -0.3 is 14.9 Å². The molecule has 3 N–H and O–H groups in total. The molecular weight excluding hydrogens is 354 g/mol. The van der Waals surface area contributed by atoms with Gasteiger partial charge in [0.05, 0.1) is 24.5 Å². The summed E-state index contributed by atoms with van der Waals surface area (Å²) in [4.78, 5) is 0. The van der Waals surface area contributed by atoms with Crippen molar-refractivity contribution < 1.29 is 23.4 Å². The third-order valence-corrected chi connectivity index (χ3v) is 6.55. The molecule has 2 aromatic carbocycles. The second-order valence-corrected chi connectivity index (χ2v) is 9.10. The van der Waals surface area contributed by atoms with Gasteiger partial charge in [-0.05, 0) is 42.7 Å². The SMILES string of the molecule is CC(C)S(=O)(=O)NC1COCC1(O)c1ccc(-c2ccc(O)cc2)cc1. The highest BCUT2D eigenvalue weighted by atomic mass is 32.2. The first-order valence-electron chi connectivity index (χ1n) is 8.43. The molecule has 6 nitrogen and oxygen atoms in total. The van der Waals surface area contributed by atoms with Crippen LogP contribution in [0.15, 0.2) is 48.5 Å². The van der Waals surface area contributed by atoms with Crippen LogP contribution in [-0.2, 0) is 20.4 Å². The van der Waals surface area contributed by atoms with Gasteiger partial charge >= 0.3 is 0 Å². The fourth-order valence-electron chi connectivity index (χ4n) is 2.93. The van der Waals surface area contributed by atoms with E-state index in [-0.39, 0.29) is 19.0 Å². The topological polar surface area (TPSA) is 95.9 Å². The Kier molecular flexibility index (Phi) is 5.07. The first-order chi connectivity index (χ1) is 12.2. The third kappa shape index (κ3) is 3.61. The molecule has 1 fully saturated rings. The minimum Gasteiger partial charge on any atom is -0.508 e. The maximum absolute atomic E-state index is 12.2. The molecule has 0 spiro atoms. The molecule has 3 rings (SSSR count). The van der Waals surface area contributed by atoms with E-state index < -0.39 is 26.9 Å². The van der Waals surface area contributed by atoms with Crippen LogP contribution in [0.4, 0.5) is 0 Å². The number of phenolic OH excluding ortho intramolecular Hbond substituents is 1. The van der Waals surface area contributed by atoms with Crippen molar-refractivity contribution in [2.75, 3.05) is 13.2 Å². The molecule has 0 bridgehead atoms. The molecule has 2 unspecified atom stereocenters. The predicted molar refractivity (Wildman–Crippen MR) is 99.2 cm³/mol. The molecule has 140 valence electrons. The Balaban J connectivity index is 1.86. The van der Waals surface area contributed by atoms with Crippen molar-refractivity contribution in [1.29, 1.82) is 0 Å². The number of aliphatic hydroxyl groups is 1. The lowest BCUT2D eigenvalue weighted by Gasteiger charge is -2.29. The van der Waals surface area contributed by atoms with Crippen LogP contribution in [0, 0.1) is 0 Å². The number of hydrogen-bond donors (Lipinski definition) is 3. The van der Waals surface area contributed by atoms with Crippen molar-refractivity contribution in [3.63, 3.8) is 0 Å². The van der Waals surface area contributed by atoms with Gasteiger partial charge in [-0.25, -0.2) is 13.1 Å². The van der Waals surface area contributed by atoms with Crippen molar-refractivity contribution in [3.05, 3.63) is 54.1 Å². The van der Waals surface area contributed by atoms with Gasteiger partial charge in [-0.3, -0.25) is 0 Å². The standard InChI is InChI=1S/C19H23NO5S/c1-13(2)26(23,24)20-18-11-25-12-19(18,22)16-7-3-14(4-8-16)15-5-9-17(21)10-6-15/h3-10,13,18,20-22H,11-12H2,1-2H3. The smallest absolute Gasteiger partial charge is 0.214 e. The number of hydrogen-bond acceptors (Lipinski definition) is 5. The van der Waals surface area contributed by atoms with Gasteiger partial charge in [0.15, 0.2) is 0 Å². The minimum atomic E-state index is -3.53. The second kappa shape index (κ2) is 7.00. The maximum Gasteiger partial charge on any atom is 0.214 e. The molecular formula is C19H23NO5S. The Bertz CT molecular complexity index is 862. The quantitative estimate of drug-likeness (QED) is 0.740. The van der Waals surface area contributed by atoms with E-state index in [9.17, 15) is 18.6 Å². The van der Waals surface area contributed by atoms with Gasteiger partial charge in [0.2, 0.25) is 10.0 Å². The molecule has 0 aliphatic carbocycles. The fraction of sp³-hybridized carbons (Fsp3) is 0.368. The third-order valence-electron chi connectivity index (χ3n) is 4.70. The first kappa shape index (κ1) is 18.8. The van der Waals surface area contributed by atoms with Gasteiger partial charge in [-0.15, -0.1) is 0 Å². The highest BCUT2D eigenvalue weighted by Gasteiger charge is 2.46. The monoisotopic (exact) mass is 377 g/mol. The molecule has 1 heterocycles. The Hall–Kier alpha value is -1.93. The lowest BCUT2D eigenvalue weighted by Crippen LogP contribution is -2.51. The van der Waals surface area contributed by atoms with Crippen LogP contribution in [0.25, 0.3) is 11.1 Å². The van der Waals surface area contributed by atoms with E-state index in [1.54, 1.807) is 50.2 Å². The van der Waals surface area contributed by atoms with E-state index in [0.717, 1.165) is 11.1 Å². The molecule has 0 amide bonds. The summed E-state index contributed by atoms with van der Waals surface area (Å²) < 4.78 is 32.3. The lowest BCUT2D eigenvalue weighted by atomic mass is 9.88. The number of sulfonamides is 1. The number of rotatable bonds is 5. The van der Waals surface area contributed by atoms with Gasteiger partial charge in [-0.2, -0.15) is 0 Å². The van der Waals surface area contributed by atoms with E-state index in [1.165, 1.54) is 0 Å². The minimum absolute atomic E-state index is 0.0246. The normalized spacial score (nSPS) is 23.5. The lowest BCUT2D eigenvalue weighted by molar-refractivity contribution is 0.0121. The van der Waals surface area contributed by atoms with Gasteiger partial charge in [0.1, 0.15) is 11.4 Å². The summed E-state index contributed by atoms with van der Waals surface area (Å²) in [6.45, 7) is 3.31. The first-order valence-corrected chi connectivity index (χ1v) is 9.98. The second-order valence-electron chi connectivity index (χ2n) is 6.83. The van der Waals surface area contributed by atoms with E-state index in [1.807, 2.05) is 12.1 Å². The Morgan fingerprint density at radius 2 is 1.62 bits per heavy atom. The van der Waals surface area contributed by atoms with E-state index in [0.29, 0.717) is 5.56 Å². The van der Waals surface area contributed by atoms with Gasteiger partial charge in [0, 0.05) is 0 Å². The zero-order valence-electron chi connectivity index (χ0n) is 14.7. The Labute approximate surface area is 153 Å². The summed E-state index contributed by atoms with van der Waals surface area (Å²) in [5.74, 6) is 0.197.